The lowest BCUT2D eigenvalue weighted by molar-refractivity contribution is -0.118. The van der Waals surface area contributed by atoms with Crippen molar-refractivity contribution in [2.45, 2.75) is 0 Å². The molecule has 3 aromatic rings. The van der Waals surface area contributed by atoms with Crippen LogP contribution >= 0.6 is 0 Å². The fourth-order valence-electron chi connectivity index (χ4n) is 2.57. The third-order valence-electron chi connectivity index (χ3n) is 3.99. The molecule has 0 bridgehead atoms. The Morgan fingerprint density at radius 1 is 0.815 bits per heavy atom. The fraction of sp³-hybridized carbons (Fsp3) is 0.0909. The molecule has 0 aliphatic heterocycles. The lowest BCUT2D eigenvalue weighted by atomic mass is 10.1. The molecule has 0 radical (unpaired) electrons. The summed E-state index contributed by atoms with van der Waals surface area (Å²) in [6.07, 6.45) is 0. The first-order chi connectivity index (χ1) is 13.2. The zero-order valence-corrected chi connectivity index (χ0v) is 14.9. The largest absolute Gasteiger partial charge is 0.484 e. The number of rotatable bonds is 6. The summed E-state index contributed by atoms with van der Waals surface area (Å²) in [4.78, 5) is 23.5. The lowest BCUT2D eigenvalue weighted by Crippen LogP contribution is -2.20. The van der Waals surface area contributed by atoms with Crippen LogP contribution in [0.2, 0.25) is 0 Å². The van der Waals surface area contributed by atoms with Crippen LogP contribution in [0, 0.1) is 0 Å². The normalized spacial score (nSPS) is 10.1. The van der Waals surface area contributed by atoms with Crippen molar-refractivity contribution in [3.05, 3.63) is 84.4 Å². The Kier molecular flexibility index (Phi) is 5.84. The van der Waals surface area contributed by atoms with Gasteiger partial charge in [0.05, 0.1) is 0 Å². The number of hydrogen-bond donors (Lipinski definition) is 2. The topological polar surface area (TPSA) is 67.4 Å². The van der Waals surface area contributed by atoms with Crippen LogP contribution in [0.3, 0.4) is 0 Å². The Balaban J connectivity index is 1.52. The van der Waals surface area contributed by atoms with Crippen LogP contribution in [0.5, 0.6) is 5.75 Å². The molecule has 3 rings (SSSR count). The number of nitrogens with one attached hydrogen (secondary N) is 2. The summed E-state index contributed by atoms with van der Waals surface area (Å²) < 4.78 is 5.53. The molecule has 0 saturated heterocycles. The first-order valence-corrected chi connectivity index (χ1v) is 8.56. The van der Waals surface area contributed by atoms with Gasteiger partial charge in [-0.15, -0.1) is 0 Å². The van der Waals surface area contributed by atoms with Crippen LogP contribution < -0.4 is 15.4 Å². The summed E-state index contributed by atoms with van der Waals surface area (Å²) in [5.41, 5.74) is 3.35. The molecule has 136 valence electrons. The third-order valence-corrected chi connectivity index (χ3v) is 3.99. The molecule has 0 aliphatic carbocycles. The van der Waals surface area contributed by atoms with Crippen molar-refractivity contribution in [1.82, 2.24) is 5.32 Å². The minimum Gasteiger partial charge on any atom is -0.484 e. The molecule has 27 heavy (non-hydrogen) atoms. The first kappa shape index (κ1) is 18.2. The monoisotopic (exact) mass is 360 g/mol. The Labute approximate surface area is 158 Å². The van der Waals surface area contributed by atoms with E-state index in [2.05, 4.69) is 10.6 Å². The molecule has 2 N–H and O–H groups in total. The van der Waals surface area contributed by atoms with Crippen molar-refractivity contribution >= 4 is 17.5 Å². The van der Waals surface area contributed by atoms with Crippen LogP contribution in [0.15, 0.2) is 78.9 Å². The maximum absolute atomic E-state index is 12.0. The maximum Gasteiger partial charge on any atom is 0.262 e. The molecule has 0 unspecified atom stereocenters. The first-order valence-electron chi connectivity index (χ1n) is 8.56. The molecule has 0 aromatic heterocycles. The molecule has 0 fully saturated rings. The van der Waals surface area contributed by atoms with Gasteiger partial charge in [-0.2, -0.15) is 0 Å². The summed E-state index contributed by atoms with van der Waals surface area (Å²) in [6, 6.07) is 24.3. The van der Waals surface area contributed by atoms with Gasteiger partial charge in [0.15, 0.2) is 6.61 Å². The van der Waals surface area contributed by atoms with E-state index >= 15 is 0 Å². The van der Waals surface area contributed by atoms with E-state index in [0.717, 1.165) is 11.1 Å². The van der Waals surface area contributed by atoms with E-state index in [4.69, 9.17) is 4.74 Å². The molecule has 2 amide bonds. The van der Waals surface area contributed by atoms with E-state index in [-0.39, 0.29) is 18.4 Å². The lowest BCUT2D eigenvalue weighted by Gasteiger charge is -2.09. The maximum atomic E-state index is 12.0. The summed E-state index contributed by atoms with van der Waals surface area (Å²) in [7, 11) is 1.57. The van der Waals surface area contributed by atoms with E-state index in [1.165, 1.54) is 0 Å². The average molecular weight is 360 g/mol. The number of anilines is 1. The van der Waals surface area contributed by atoms with Crippen molar-refractivity contribution in [3.63, 3.8) is 0 Å². The second-order valence-electron chi connectivity index (χ2n) is 5.88. The van der Waals surface area contributed by atoms with Gasteiger partial charge >= 0.3 is 0 Å². The molecular formula is C22H20N2O3. The number of benzene rings is 3. The van der Waals surface area contributed by atoms with E-state index in [1.54, 1.807) is 31.3 Å². The molecule has 5 heteroatoms. The second kappa shape index (κ2) is 8.67. The van der Waals surface area contributed by atoms with Gasteiger partial charge in [0.25, 0.3) is 11.8 Å². The van der Waals surface area contributed by atoms with Crippen LogP contribution in [0.1, 0.15) is 10.4 Å². The highest BCUT2D eigenvalue weighted by Crippen LogP contribution is 2.22. The average Bonchev–Trinajstić information content (AvgIpc) is 2.73. The number of amides is 2. The van der Waals surface area contributed by atoms with Crippen LogP contribution in [-0.4, -0.2) is 25.5 Å². The van der Waals surface area contributed by atoms with Gasteiger partial charge in [0.2, 0.25) is 0 Å². The zero-order chi connectivity index (χ0) is 19.1. The van der Waals surface area contributed by atoms with Gasteiger partial charge in [-0.1, -0.05) is 42.5 Å². The van der Waals surface area contributed by atoms with Crippen LogP contribution in [-0.2, 0) is 4.79 Å². The van der Waals surface area contributed by atoms with Crippen molar-refractivity contribution in [1.29, 1.82) is 0 Å². The Bertz CT molecular complexity index is 905. The van der Waals surface area contributed by atoms with Crippen molar-refractivity contribution in [2.75, 3.05) is 19.0 Å². The van der Waals surface area contributed by atoms with Gasteiger partial charge in [-0.05, 0) is 47.5 Å². The Morgan fingerprint density at radius 3 is 2.07 bits per heavy atom. The predicted molar refractivity (Wildman–Crippen MR) is 106 cm³/mol. The smallest absolute Gasteiger partial charge is 0.262 e. The molecule has 0 spiro atoms. The van der Waals surface area contributed by atoms with Crippen LogP contribution in [0.25, 0.3) is 11.1 Å². The molecular weight excluding hydrogens is 340 g/mol. The van der Waals surface area contributed by atoms with E-state index in [9.17, 15) is 9.59 Å². The fourth-order valence-corrected chi connectivity index (χ4v) is 2.57. The van der Waals surface area contributed by atoms with Gasteiger partial charge in [0.1, 0.15) is 5.75 Å². The van der Waals surface area contributed by atoms with Gasteiger partial charge in [-0.25, -0.2) is 0 Å². The molecule has 3 aromatic carbocycles. The minimum absolute atomic E-state index is 0.0954. The van der Waals surface area contributed by atoms with Gasteiger partial charge in [-0.3, -0.25) is 9.59 Å². The SMILES string of the molecule is CNC(=O)c1ccc(NC(=O)COc2ccc(-c3ccccc3)cc2)cc1. The number of hydrogen-bond acceptors (Lipinski definition) is 3. The number of carbonyl (C=O) groups is 2. The van der Waals surface area contributed by atoms with E-state index in [1.807, 2.05) is 54.6 Å². The van der Waals surface area contributed by atoms with E-state index in [0.29, 0.717) is 17.0 Å². The van der Waals surface area contributed by atoms with Gasteiger partial charge < -0.3 is 15.4 Å². The Morgan fingerprint density at radius 2 is 1.44 bits per heavy atom. The van der Waals surface area contributed by atoms with Crippen molar-refractivity contribution in [2.24, 2.45) is 0 Å². The molecule has 5 nitrogen and oxygen atoms in total. The molecule has 0 atom stereocenters. The summed E-state index contributed by atoms with van der Waals surface area (Å²) >= 11 is 0. The highest BCUT2D eigenvalue weighted by atomic mass is 16.5. The predicted octanol–water partition coefficient (Wildman–Crippen LogP) is 3.73. The summed E-state index contributed by atoms with van der Waals surface area (Å²) in [5, 5.41) is 5.29. The number of ether oxygens (including phenoxy) is 1. The van der Waals surface area contributed by atoms with Gasteiger partial charge in [0, 0.05) is 18.3 Å². The van der Waals surface area contributed by atoms with Crippen molar-refractivity contribution < 1.29 is 14.3 Å². The quantitative estimate of drug-likeness (QED) is 0.704. The zero-order valence-electron chi connectivity index (χ0n) is 14.9. The van der Waals surface area contributed by atoms with Crippen molar-refractivity contribution in [3.8, 4) is 16.9 Å². The highest BCUT2D eigenvalue weighted by molar-refractivity contribution is 5.95. The highest BCUT2D eigenvalue weighted by Gasteiger charge is 2.06. The Hall–Kier alpha value is -3.60. The third kappa shape index (κ3) is 4.95. The van der Waals surface area contributed by atoms with Crippen LogP contribution in [0.4, 0.5) is 5.69 Å². The summed E-state index contributed by atoms with van der Waals surface area (Å²) in [6.45, 7) is -0.0954. The second-order valence-corrected chi connectivity index (χ2v) is 5.88. The standard InChI is InChI=1S/C22H20N2O3/c1-23-22(26)18-7-11-19(12-8-18)24-21(25)15-27-20-13-9-17(10-14-20)16-5-3-2-4-6-16/h2-14H,15H2,1H3,(H,23,26)(H,24,25). The summed E-state index contributed by atoms with van der Waals surface area (Å²) in [5.74, 6) is 0.185. The van der Waals surface area contributed by atoms with E-state index < -0.39 is 0 Å². The molecule has 0 heterocycles. The minimum atomic E-state index is -0.269. The molecule has 0 aliphatic rings. The number of carbonyl (C=O) groups excluding carboxylic acids is 2. The molecule has 0 saturated carbocycles.